The smallest absolute Gasteiger partial charge is 0.219 e. The Morgan fingerprint density at radius 1 is 0.500 bits per heavy atom. The van der Waals surface area contributed by atoms with Crippen LogP contribution in [0.4, 0.5) is 0 Å². The summed E-state index contributed by atoms with van der Waals surface area (Å²) >= 11 is 0. The van der Waals surface area contributed by atoms with Crippen LogP contribution < -0.4 is 16.0 Å². The molecule has 396 valence electrons. The molecular weight excluding hydrogens is 914 g/mol. The fourth-order valence-electron chi connectivity index (χ4n) is 7.24. The quantitative estimate of drug-likeness (QED) is 0.0267. The van der Waals surface area contributed by atoms with Gasteiger partial charge in [0.25, 0.3) is 0 Å². The van der Waals surface area contributed by atoms with E-state index < -0.39 is 118 Å². The summed E-state index contributed by atoms with van der Waals surface area (Å²) in [6.07, 6.45) is -21.0. The molecule has 0 radical (unpaired) electrons. The first kappa shape index (κ1) is 59.6. The van der Waals surface area contributed by atoms with E-state index in [2.05, 4.69) is 16.0 Å². The summed E-state index contributed by atoms with van der Waals surface area (Å²) in [4.78, 5) is 48.0. The number of ether oxygens (including phenoxy) is 10. The molecular formula is C42H75N3O23. The van der Waals surface area contributed by atoms with E-state index in [-0.39, 0.29) is 56.6 Å². The van der Waals surface area contributed by atoms with Gasteiger partial charge in [-0.1, -0.05) is 6.92 Å². The van der Waals surface area contributed by atoms with Gasteiger partial charge in [0, 0.05) is 45.7 Å². The molecule has 3 heterocycles. The largest absolute Gasteiger partial charge is 0.394 e. The summed E-state index contributed by atoms with van der Waals surface area (Å²) in [5.74, 6) is -0.845. The highest BCUT2D eigenvalue weighted by atomic mass is 16.8. The lowest BCUT2D eigenvalue weighted by Gasteiger charge is -2.48. The molecule has 0 aliphatic carbocycles. The van der Waals surface area contributed by atoms with Crippen molar-refractivity contribution in [2.75, 3.05) is 92.4 Å². The Morgan fingerprint density at radius 2 is 1.03 bits per heavy atom. The van der Waals surface area contributed by atoms with Gasteiger partial charge in [-0.25, -0.2) is 0 Å². The number of rotatable bonds is 34. The van der Waals surface area contributed by atoms with Crippen molar-refractivity contribution in [2.24, 2.45) is 0 Å². The lowest BCUT2D eigenvalue weighted by Crippen LogP contribution is -2.68. The van der Waals surface area contributed by atoms with Crippen LogP contribution in [0.1, 0.15) is 58.8 Å². The van der Waals surface area contributed by atoms with Gasteiger partial charge in [0.2, 0.25) is 17.7 Å². The fraction of sp³-hybridized carbons (Fsp3) is 0.905. The second-order valence-electron chi connectivity index (χ2n) is 16.3. The van der Waals surface area contributed by atoms with Crippen molar-refractivity contribution >= 4 is 23.5 Å². The second kappa shape index (κ2) is 33.1. The summed E-state index contributed by atoms with van der Waals surface area (Å²) in [6, 6.07) is -1.31. The van der Waals surface area contributed by atoms with Gasteiger partial charge >= 0.3 is 0 Å². The van der Waals surface area contributed by atoms with Crippen LogP contribution in [0.2, 0.25) is 0 Å². The molecule has 6 unspecified atom stereocenters. The maximum Gasteiger partial charge on any atom is 0.219 e. The summed E-state index contributed by atoms with van der Waals surface area (Å²) in [6.45, 7) is 4.12. The normalized spacial score (nSPS) is 31.8. The van der Waals surface area contributed by atoms with E-state index in [0.29, 0.717) is 78.5 Å². The first-order chi connectivity index (χ1) is 32.7. The molecule has 15 atom stereocenters. The van der Waals surface area contributed by atoms with Crippen molar-refractivity contribution in [1.29, 1.82) is 0 Å². The molecule has 12 N–H and O–H groups in total. The van der Waals surface area contributed by atoms with Crippen LogP contribution in [-0.4, -0.2) is 254 Å². The number of hydrogen-bond acceptors (Lipinski definition) is 23. The first-order valence-corrected chi connectivity index (χ1v) is 23.1. The van der Waals surface area contributed by atoms with Crippen molar-refractivity contribution < 1.29 is 113 Å². The van der Waals surface area contributed by atoms with Crippen molar-refractivity contribution in [3.63, 3.8) is 0 Å². The van der Waals surface area contributed by atoms with Crippen molar-refractivity contribution in [1.82, 2.24) is 16.0 Å². The number of aliphatic hydroxyl groups excluding tert-OH is 9. The molecule has 0 saturated carbocycles. The lowest BCUT2D eigenvalue weighted by molar-refractivity contribution is -0.376. The van der Waals surface area contributed by atoms with Gasteiger partial charge < -0.3 is 109 Å². The molecule has 3 saturated heterocycles. The molecule has 3 aliphatic heterocycles. The predicted octanol–water partition coefficient (Wildman–Crippen LogP) is -5.79. The Hall–Kier alpha value is -2.68. The first-order valence-electron chi connectivity index (χ1n) is 23.1. The minimum absolute atomic E-state index is 0.0178. The average Bonchev–Trinajstić information content (AvgIpc) is 3.32. The number of unbranched alkanes of at least 4 members (excludes halogenated alkanes) is 1. The number of nitrogens with one attached hydrogen (secondary N) is 3. The molecule has 0 bridgehead atoms. The molecule has 26 nitrogen and oxygen atoms in total. The number of amides is 3. The number of aliphatic hydroxyl groups is 9. The number of carbonyl (C=O) groups excluding carboxylic acids is 4. The van der Waals surface area contributed by atoms with E-state index in [4.69, 9.17) is 47.4 Å². The van der Waals surface area contributed by atoms with Crippen molar-refractivity contribution in [2.45, 2.75) is 151 Å². The van der Waals surface area contributed by atoms with E-state index >= 15 is 0 Å². The summed E-state index contributed by atoms with van der Waals surface area (Å²) in [5, 5.41) is 102. The van der Waals surface area contributed by atoms with Gasteiger partial charge in [-0.3, -0.25) is 19.2 Å². The fourth-order valence-corrected chi connectivity index (χ4v) is 7.24. The second-order valence-corrected chi connectivity index (χ2v) is 16.3. The maximum absolute atomic E-state index is 12.4. The predicted molar refractivity (Wildman–Crippen MR) is 229 cm³/mol. The van der Waals surface area contributed by atoms with Gasteiger partial charge in [-0.15, -0.1) is 0 Å². The van der Waals surface area contributed by atoms with E-state index in [0.717, 1.165) is 0 Å². The zero-order valence-corrected chi connectivity index (χ0v) is 38.7. The number of ketones is 1. The third-order valence-electron chi connectivity index (χ3n) is 11.0. The molecule has 26 heteroatoms. The number of Topliss-reactive ketones (excluding diaryl/α,β-unsaturated/α-hetero) is 1. The highest BCUT2D eigenvalue weighted by molar-refractivity contribution is 5.79. The molecule has 3 aliphatic rings. The van der Waals surface area contributed by atoms with Gasteiger partial charge in [0.1, 0.15) is 79.0 Å². The SMILES string of the molecule is CCC(=O)NCCOCCOCCOCCOCCC(=O)CCCCC(=O)NCCCO[C@@H]1OC(CO)[C@@H](O[C@@H]2OC(CO)[C@H](O)[C@H](O[C@H]3OC(CO)[C@H](O)[C@H](O)C3O)C2O)[C@H](O)C1NC(C)=O. The minimum Gasteiger partial charge on any atom is -0.394 e. The molecule has 0 aromatic heterocycles. The van der Waals surface area contributed by atoms with E-state index in [1.54, 1.807) is 6.92 Å². The summed E-state index contributed by atoms with van der Waals surface area (Å²) in [7, 11) is 0. The Balaban J connectivity index is 1.32. The molecule has 68 heavy (non-hydrogen) atoms. The third-order valence-corrected chi connectivity index (χ3v) is 11.0. The average molecular weight is 990 g/mol. The van der Waals surface area contributed by atoms with Gasteiger partial charge in [-0.05, 0) is 19.3 Å². The summed E-state index contributed by atoms with van der Waals surface area (Å²) < 4.78 is 55.7. The van der Waals surface area contributed by atoms with Crippen LogP contribution >= 0.6 is 0 Å². The molecule has 0 spiro atoms. The van der Waals surface area contributed by atoms with Crippen LogP contribution in [0.15, 0.2) is 0 Å². The molecule has 3 rings (SSSR count). The monoisotopic (exact) mass is 989 g/mol. The Kier molecular flexibility index (Phi) is 29.0. The van der Waals surface area contributed by atoms with Crippen molar-refractivity contribution in [3.05, 3.63) is 0 Å². The van der Waals surface area contributed by atoms with Gasteiger partial charge in [0.15, 0.2) is 18.9 Å². The van der Waals surface area contributed by atoms with Crippen LogP contribution in [0.3, 0.4) is 0 Å². The number of hydrogen-bond donors (Lipinski definition) is 12. The molecule has 0 aromatic carbocycles. The van der Waals surface area contributed by atoms with Crippen LogP contribution in [0.5, 0.6) is 0 Å². The standard InChI is InChI=1S/C42H75N3O23/c1-3-29(51)44-11-14-60-16-18-62-20-19-61-17-15-59-13-9-25(50)7-4-5-8-30(52)43-10-6-12-63-40-31(45-24(2)49)34(55)38(28(23-48)66-40)67-42-37(58)39(33(54)27(22-47)65-42)68-41-36(57)35(56)32(53)26(21-46)64-41/h26-28,31-42,46-48,53-58H,3-23H2,1-2H3,(H,43,52)(H,44,51)(H,45,49)/t26?,27?,28?,31?,32-,33-,34+,35-,36?,37?,38+,39-,40+,41+,42-/m0/s1. The van der Waals surface area contributed by atoms with Crippen molar-refractivity contribution in [3.8, 4) is 0 Å². The third kappa shape index (κ3) is 20.2. The number of carbonyl (C=O) groups is 4. The molecule has 0 aromatic rings. The Labute approximate surface area is 394 Å². The van der Waals surface area contributed by atoms with Crippen LogP contribution in [-0.2, 0) is 66.5 Å². The zero-order chi connectivity index (χ0) is 50.0. The van der Waals surface area contributed by atoms with Crippen LogP contribution in [0.25, 0.3) is 0 Å². The van der Waals surface area contributed by atoms with Gasteiger partial charge in [0.05, 0.1) is 79.3 Å². The van der Waals surface area contributed by atoms with Crippen LogP contribution in [0, 0.1) is 0 Å². The molecule has 3 amide bonds. The Bertz CT molecular complexity index is 1440. The molecule has 3 fully saturated rings. The zero-order valence-electron chi connectivity index (χ0n) is 38.7. The highest BCUT2D eigenvalue weighted by Gasteiger charge is 2.54. The Morgan fingerprint density at radius 3 is 1.63 bits per heavy atom. The maximum atomic E-state index is 12.4. The highest BCUT2D eigenvalue weighted by Crippen LogP contribution is 2.33. The van der Waals surface area contributed by atoms with E-state index in [9.17, 15) is 65.1 Å². The van der Waals surface area contributed by atoms with E-state index in [1.807, 2.05) is 0 Å². The minimum atomic E-state index is -1.96. The van der Waals surface area contributed by atoms with Gasteiger partial charge in [-0.2, -0.15) is 0 Å². The summed E-state index contributed by atoms with van der Waals surface area (Å²) in [5.41, 5.74) is 0. The van der Waals surface area contributed by atoms with E-state index in [1.165, 1.54) is 6.92 Å². The topological polar surface area (TPSA) is 379 Å². The lowest BCUT2D eigenvalue weighted by atomic mass is 9.95.